The number of hydrogen-bond donors (Lipinski definition) is 1. The van der Waals surface area contributed by atoms with E-state index in [9.17, 15) is 0 Å². The van der Waals surface area contributed by atoms with Gasteiger partial charge in [0.25, 0.3) is 0 Å². The molecular formula is C19H31NO. The smallest absolute Gasteiger partial charge is 0.0837 e. The van der Waals surface area contributed by atoms with Crippen molar-refractivity contribution in [3.63, 3.8) is 0 Å². The van der Waals surface area contributed by atoms with E-state index >= 15 is 0 Å². The molecule has 21 heavy (non-hydrogen) atoms. The summed E-state index contributed by atoms with van der Waals surface area (Å²) in [7, 11) is 0. The Labute approximate surface area is 130 Å². The molecule has 0 radical (unpaired) electrons. The number of likely N-dealkylation sites (N-methyl/N-ethyl adjacent to an activating group) is 1. The van der Waals surface area contributed by atoms with Crippen LogP contribution in [0.3, 0.4) is 0 Å². The minimum atomic E-state index is 0.0441. The summed E-state index contributed by atoms with van der Waals surface area (Å²) >= 11 is 0. The number of nitrogens with one attached hydrogen (secondary N) is 1. The van der Waals surface area contributed by atoms with Gasteiger partial charge >= 0.3 is 0 Å². The van der Waals surface area contributed by atoms with Crippen molar-refractivity contribution in [1.29, 1.82) is 0 Å². The fourth-order valence-electron chi connectivity index (χ4n) is 3.97. The molecule has 0 amide bonds. The van der Waals surface area contributed by atoms with Gasteiger partial charge in [-0.2, -0.15) is 0 Å². The highest BCUT2D eigenvalue weighted by molar-refractivity contribution is 5.29. The summed E-state index contributed by atoms with van der Waals surface area (Å²) in [5, 5.41) is 3.71. The molecule has 1 saturated carbocycles. The minimum Gasteiger partial charge on any atom is -0.374 e. The lowest BCUT2D eigenvalue weighted by atomic mass is 9.86. The first kappa shape index (κ1) is 16.5. The molecule has 1 aliphatic carbocycles. The van der Waals surface area contributed by atoms with Crippen molar-refractivity contribution in [2.24, 2.45) is 0 Å². The molecular weight excluding hydrogens is 258 g/mol. The van der Waals surface area contributed by atoms with Crippen LogP contribution >= 0.6 is 0 Å². The molecule has 2 rings (SSSR count). The van der Waals surface area contributed by atoms with E-state index in [1.807, 2.05) is 0 Å². The first-order valence-corrected chi connectivity index (χ1v) is 8.54. The van der Waals surface area contributed by atoms with Crippen LogP contribution in [0.5, 0.6) is 0 Å². The van der Waals surface area contributed by atoms with Crippen molar-refractivity contribution in [3.05, 3.63) is 34.9 Å². The Hall–Kier alpha value is -0.860. The average Bonchev–Trinajstić information content (AvgIpc) is 2.87. The number of benzene rings is 1. The Kier molecular flexibility index (Phi) is 5.83. The Bertz CT molecular complexity index is 429. The van der Waals surface area contributed by atoms with Crippen molar-refractivity contribution in [2.75, 3.05) is 13.2 Å². The van der Waals surface area contributed by atoms with Crippen molar-refractivity contribution >= 4 is 0 Å². The monoisotopic (exact) mass is 289 g/mol. The lowest BCUT2D eigenvalue weighted by Crippen LogP contribution is -2.52. The van der Waals surface area contributed by atoms with Crippen LogP contribution in [0.15, 0.2) is 18.2 Å². The van der Waals surface area contributed by atoms with Crippen molar-refractivity contribution in [2.45, 2.75) is 71.4 Å². The van der Waals surface area contributed by atoms with Gasteiger partial charge in [-0.3, -0.25) is 0 Å². The van der Waals surface area contributed by atoms with E-state index in [0.717, 1.165) is 19.6 Å². The molecule has 0 aromatic heterocycles. The molecule has 1 unspecified atom stereocenters. The predicted molar refractivity (Wildman–Crippen MR) is 89.9 cm³/mol. The van der Waals surface area contributed by atoms with E-state index in [-0.39, 0.29) is 5.60 Å². The van der Waals surface area contributed by atoms with Gasteiger partial charge in [0.05, 0.1) is 5.60 Å². The average molecular weight is 289 g/mol. The van der Waals surface area contributed by atoms with E-state index in [1.54, 1.807) is 0 Å². The molecule has 1 aromatic carbocycles. The number of rotatable bonds is 7. The second kappa shape index (κ2) is 7.42. The van der Waals surface area contributed by atoms with Crippen LogP contribution in [-0.4, -0.2) is 24.8 Å². The van der Waals surface area contributed by atoms with Crippen LogP contribution in [-0.2, 0) is 11.2 Å². The highest BCUT2D eigenvalue weighted by Crippen LogP contribution is 2.37. The largest absolute Gasteiger partial charge is 0.374 e. The molecule has 2 nitrogen and oxygen atoms in total. The van der Waals surface area contributed by atoms with Crippen LogP contribution in [0.2, 0.25) is 0 Å². The molecule has 1 aliphatic rings. The van der Waals surface area contributed by atoms with Gasteiger partial charge in [0.15, 0.2) is 0 Å². The summed E-state index contributed by atoms with van der Waals surface area (Å²) < 4.78 is 6.28. The number of aryl methyl sites for hydroxylation is 2. The maximum atomic E-state index is 6.28. The van der Waals surface area contributed by atoms with Crippen LogP contribution in [0.25, 0.3) is 0 Å². The topological polar surface area (TPSA) is 21.3 Å². The zero-order valence-electron chi connectivity index (χ0n) is 14.2. The van der Waals surface area contributed by atoms with Crippen LogP contribution < -0.4 is 5.32 Å². The molecule has 1 N–H and O–H groups in total. The SMILES string of the molecule is CCNC(Cc1cc(C)cc(C)c1)C1(OCC)CCCC1. The fourth-order valence-corrected chi connectivity index (χ4v) is 3.97. The van der Waals surface area contributed by atoms with Gasteiger partial charge in [-0.15, -0.1) is 0 Å². The van der Waals surface area contributed by atoms with Gasteiger partial charge in [0, 0.05) is 12.6 Å². The van der Waals surface area contributed by atoms with Crippen molar-refractivity contribution in [3.8, 4) is 0 Å². The summed E-state index contributed by atoms with van der Waals surface area (Å²) in [4.78, 5) is 0. The molecule has 1 aromatic rings. The summed E-state index contributed by atoms with van der Waals surface area (Å²) in [5.41, 5.74) is 4.20. The Morgan fingerprint density at radius 3 is 2.24 bits per heavy atom. The van der Waals surface area contributed by atoms with Gasteiger partial charge in [-0.1, -0.05) is 49.1 Å². The number of ether oxygens (including phenoxy) is 1. The molecule has 2 heteroatoms. The summed E-state index contributed by atoms with van der Waals surface area (Å²) in [6, 6.07) is 7.32. The van der Waals surface area contributed by atoms with E-state index in [0.29, 0.717) is 6.04 Å². The third-order valence-electron chi connectivity index (χ3n) is 4.69. The summed E-state index contributed by atoms with van der Waals surface area (Å²) in [6.45, 7) is 10.5. The molecule has 0 aliphatic heterocycles. The highest BCUT2D eigenvalue weighted by Gasteiger charge is 2.41. The quantitative estimate of drug-likeness (QED) is 0.813. The second-order valence-corrected chi connectivity index (χ2v) is 6.52. The molecule has 0 saturated heterocycles. The normalized spacial score (nSPS) is 18.9. The lowest BCUT2D eigenvalue weighted by molar-refractivity contribution is -0.0609. The molecule has 0 spiro atoms. The zero-order valence-corrected chi connectivity index (χ0v) is 14.2. The molecule has 0 bridgehead atoms. The highest BCUT2D eigenvalue weighted by atomic mass is 16.5. The third kappa shape index (κ3) is 4.08. The summed E-state index contributed by atoms with van der Waals surface area (Å²) in [6.07, 6.45) is 6.06. The van der Waals surface area contributed by atoms with E-state index in [2.05, 4.69) is 51.2 Å². The maximum Gasteiger partial charge on any atom is 0.0837 e. The van der Waals surface area contributed by atoms with E-state index in [1.165, 1.54) is 42.4 Å². The van der Waals surface area contributed by atoms with Crippen molar-refractivity contribution in [1.82, 2.24) is 5.32 Å². The van der Waals surface area contributed by atoms with Gasteiger partial charge in [-0.05, 0) is 52.1 Å². The minimum absolute atomic E-state index is 0.0441. The molecule has 0 heterocycles. The first-order valence-electron chi connectivity index (χ1n) is 8.54. The fraction of sp³-hybridized carbons (Fsp3) is 0.684. The van der Waals surface area contributed by atoms with Crippen molar-refractivity contribution < 1.29 is 4.74 Å². The third-order valence-corrected chi connectivity index (χ3v) is 4.69. The molecule has 1 atom stereocenters. The second-order valence-electron chi connectivity index (χ2n) is 6.52. The van der Waals surface area contributed by atoms with Crippen LogP contribution in [0.4, 0.5) is 0 Å². The Balaban J connectivity index is 2.21. The van der Waals surface area contributed by atoms with Gasteiger partial charge in [0.1, 0.15) is 0 Å². The maximum absolute atomic E-state index is 6.28. The lowest BCUT2D eigenvalue weighted by Gasteiger charge is -2.38. The zero-order chi connectivity index (χ0) is 15.3. The van der Waals surface area contributed by atoms with Gasteiger partial charge in [0.2, 0.25) is 0 Å². The molecule has 118 valence electrons. The first-order chi connectivity index (χ1) is 10.1. The predicted octanol–water partition coefficient (Wildman–Crippen LogP) is 4.17. The van der Waals surface area contributed by atoms with Gasteiger partial charge in [-0.25, -0.2) is 0 Å². The molecule has 1 fully saturated rings. The van der Waals surface area contributed by atoms with Crippen LogP contribution in [0, 0.1) is 13.8 Å². The Morgan fingerprint density at radius 1 is 1.10 bits per heavy atom. The van der Waals surface area contributed by atoms with Crippen LogP contribution in [0.1, 0.15) is 56.2 Å². The van der Waals surface area contributed by atoms with E-state index < -0.39 is 0 Å². The van der Waals surface area contributed by atoms with E-state index in [4.69, 9.17) is 4.74 Å². The summed E-state index contributed by atoms with van der Waals surface area (Å²) in [5.74, 6) is 0. The number of hydrogen-bond acceptors (Lipinski definition) is 2. The van der Waals surface area contributed by atoms with Gasteiger partial charge < -0.3 is 10.1 Å². The Morgan fingerprint density at radius 2 is 1.71 bits per heavy atom. The standard InChI is InChI=1S/C19H31NO/c1-5-20-18(19(21-6-2)9-7-8-10-19)14-17-12-15(3)11-16(4)13-17/h11-13,18,20H,5-10,14H2,1-4H3.